The Morgan fingerprint density at radius 1 is 1.27 bits per heavy atom. The summed E-state index contributed by atoms with van der Waals surface area (Å²) in [5, 5.41) is 11.9. The third-order valence-electron chi connectivity index (χ3n) is 3.66. The maximum absolute atomic E-state index is 5.78. The van der Waals surface area contributed by atoms with E-state index in [1.807, 2.05) is 36.0 Å². The summed E-state index contributed by atoms with van der Waals surface area (Å²) < 4.78 is 13.0. The van der Waals surface area contributed by atoms with Crippen molar-refractivity contribution in [3.8, 4) is 11.5 Å². The summed E-state index contributed by atoms with van der Waals surface area (Å²) in [4.78, 5) is 2.15. The van der Waals surface area contributed by atoms with Crippen LogP contribution in [0, 0.1) is 0 Å². The number of para-hydroxylation sites is 2. The molecule has 0 spiro atoms. The molecule has 0 N–H and O–H groups in total. The Morgan fingerprint density at radius 3 is 2.77 bits per heavy atom. The molecule has 1 aliphatic rings. The quantitative estimate of drug-likeness (QED) is 0.737. The Labute approximate surface area is 129 Å². The van der Waals surface area contributed by atoms with Crippen LogP contribution in [0.25, 0.3) is 0 Å². The molecule has 0 aliphatic heterocycles. The second-order valence-corrected chi connectivity index (χ2v) is 5.51. The van der Waals surface area contributed by atoms with Crippen LogP contribution in [0.1, 0.15) is 24.7 Å². The fraction of sp³-hybridized carbons (Fsp3) is 0.533. The van der Waals surface area contributed by atoms with E-state index >= 15 is 0 Å². The number of hydrogen-bond acceptors (Lipinski definition) is 6. The number of likely N-dealkylation sites (N-methyl/N-ethyl adjacent to an activating group) is 1. The summed E-state index contributed by atoms with van der Waals surface area (Å²) in [6.07, 6.45) is 2.36. The second-order valence-electron chi connectivity index (χ2n) is 5.51. The molecule has 1 saturated carbocycles. The Hall–Kier alpha value is -2.15. The van der Waals surface area contributed by atoms with Crippen LogP contribution < -0.4 is 9.47 Å². The highest BCUT2D eigenvalue weighted by molar-refractivity contribution is 5.39. The molecule has 0 bridgehead atoms. The summed E-state index contributed by atoms with van der Waals surface area (Å²) in [5.74, 6) is 2.44. The smallest absolute Gasteiger partial charge is 0.165 e. The average Bonchev–Trinajstić information content (AvgIpc) is 3.28. The first-order chi connectivity index (χ1) is 10.8. The molecule has 3 rings (SSSR count). The van der Waals surface area contributed by atoms with Crippen molar-refractivity contribution in [2.45, 2.75) is 25.4 Å². The second kappa shape index (κ2) is 6.74. The molecule has 1 aliphatic carbocycles. The van der Waals surface area contributed by atoms with Gasteiger partial charge in [-0.3, -0.25) is 4.90 Å². The molecule has 0 amide bonds. The standard InChI is InChI=1S/C15H21N5O2/c1-19(11-15-16-17-18-20(15)12-7-8-12)9-10-22-14-6-4-3-5-13(14)21-2/h3-6,12H,7-11H2,1-2H3. The summed E-state index contributed by atoms with van der Waals surface area (Å²) in [7, 11) is 3.68. The van der Waals surface area contributed by atoms with Gasteiger partial charge in [-0.05, 0) is 42.4 Å². The third-order valence-corrected chi connectivity index (χ3v) is 3.66. The van der Waals surface area contributed by atoms with Crippen LogP contribution in [0.2, 0.25) is 0 Å². The van der Waals surface area contributed by atoms with Crippen molar-refractivity contribution in [3.63, 3.8) is 0 Å². The molecule has 7 nitrogen and oxygen atoms in total. The fourth-order valence-corrected chi connectivity index (χ4v) is 2.29. The first-order valence-electron chi connectivity index (χ1n) is 7.49. The Morgan fingerprint density at radius 2 is 2.05 bits per heavy atom. The predicted octanol–water partition coefficient (Wildman–Crippen LogP) is 1.53. The van der Waals surface area contributed by atoms with E-state index in [1.165, 1.54) is 12.8 Å². The van der Waals surface area contributed by atoms with Gasteiger partial charge in [-0.1, -0.05) is 12.1 Å². The molecule has 0 radical (unpaired) electrons. The number of tetrazole rings is 1. The highest BCUT2D eigenvalue weighted by atomic mass is 16.5. The van der Waals surface area contributed by atoms with Crippen molar-refractivity contribution in [1.82, 2.24) is 25.1 Å². The van der Waals surface area contributed by atoms with E-state index in [0.717, 1.165) is 30.4 Å². The molecule has 1 fully saturated rings. The van der Waals surface area contributed by atoms with Gasteiger partial charge in [0, 0.05) is 6.54 Å². The lowest BCUT2D eigenvalue weighted by Crippen LogP contribution is -2.25. The molecular formula is C15H21N5O2. The molecule has 2 aromatic rings. The molecule has 7 heteroatoms. The minimum atomic E-state index is 0.503. The van der Waals surface area contributed by atoms with Gasteiger partial charge in [-0.25, -0.2) is 4.68 Å². The van der Waals surface area contributed by atoms with Gasteiger partial charge in [0.1, 0.15) is 6.61 Å². The van der Waals surface area contributed by atoms with E-state index in [9.17, 15) is 0 Å². The van der Waals surface area contributed by atoms with E-state index < -0.39 is 0 Å². The number of nitrogens with zero attached hydrogens (tertiary/aromatic N) is 5. The SMILES string of the molecule is COc1ccccc1OCCN(C)Cc1nnnn1C1CC1. The number of hydrogen-bond donors (Lipinski definition) is 0. The molecule has 0 atom stereocenters. The molecule has 0 unspecified atom stereocenters. The van der Waals surface area contributed by atoms with Crippen LogP contribution in [0.4, 0.5) is 0 Å². The summed E-state index contributed by atoms with van der Waals surface area (Å²) in [6, 6.07) is 8.17. The number of methoxy groups -OCH3 is 1. The van der Waals surface area contributed by atoms with Gasteiger partial charge in [0.15, 0.2) is 17.3 Å². The highest BCUT2D eigenvalue weighted by Crippen LogP contribution is 2.34. The van der Waals surface area contributed by atoms with Crippen LogP contribution >= 0.6 is 0 Å². The van der Waals surface area contributed by atoms with Gasteiger partial charge in [0.2, 0.25) is 0 Å². The Balaban J connectivity index is 1.48. The maximum Gasteiger partial charge on any atom is 0.165 e. The van der Waals surface area contributed by atoms with Gasteiger partial charge in [-0.15, -0.1) is 5.10 Å². The van der Waals surface area contributed by atoms with Gasteiger partial charge < -0.3 is 9.47 Å². The minimum Gasteiger partial charge on any atom is -0.493 e. The van der Waals surface area contributed by atoms with Crippen molar-refractivity contribution in [1.29, 1.82) is 0 Å². The molecule has 118 valence electrons. The van der Waals surface area contributed by atoms with Crippen molar-refractivity contribution >= 4 is 0 Å². The van der Waals surface area contributed by atoms with Crippen LogP contribution in [0.3, 0.4) is 0 Å². The van der Waals surface area contributed by atoms with E-state index in [-0.39, 0.29) is 0 Å². The lowest BCUT2D eigenvalue weighted by Gasteiger charge is -2.17. The fourth-order valence-electron chi connectivity index (χ4n) is 2.29. The monoisotopic (exact) mass is 303 g/mol. The Bertz CT molecular complexity index is 611. The maximum atomic E-state index is 5.78. The van der Waals surface area contributed by atoms with Gasteiger partial charge in [0.25, 0.3) is 0 Å². The van der Waals surface area contributed by atoms with E-state index in [2.05, 4.69) is 20.4 Å². The van der Waals surface area contributed by atoms with Gasteiger partial charge >= 0.3 is 0 Å². The lowest BCUT2D eigenvalue weighted by atomic mass is 10.3. The van der Waals surface area contributed by atoms with Gasteiger partial charge in [0.05, 0.1) is 19.7 Å². The summed E-state index contributed by atoms with van der Waals surface area (Å²) >= 11 is 0. The van der Waals surface area contributed by atoms with Crippen molar-refractivity contribution in [2.75, 3.05) is 27.3 Å². The number of ether oxygens (including phenoxy) is 2. The Kier molecular flexibility index (Phi) is 4.53. The van der Waals surface area contributed by atoms with Crippen LogP contribution in [-0.2, 0) is 6.54 Å². The van der Waals surface area contributed by atoms with E-state index in [4.69, 9.17) is 9.47 Å². The first-order valence-corrected chi connectivity index (χ1v) is 7.49. The third kappa shape index (κ3) is 3.54. The topological polar surface area (TPSA) is 65.3 Å². The normalized spacial score (nSPS) is 14.3. The average molecular weight is 303 g/mol. The minimum absolute atomic E-state index is 0.503. The summed E-state index contributed by atoms with van der Waals surface area (Å²) in [6.45, 7) is 2.09. The van der Waals surface area contributed by atoms with Gasteiger partial charge in [-0.2, -0.15) is 0 Å². The number of benzene rings is 1. The molecule has 0 saturated heterocycles. The molecule has 1 aromatic heterocycles. The number of aromatic nitrogens is 4. The van der Waals surface area contributed by atoms with Crippen LogP contribution in [0.5, 0.6) is 11.5 Å². The molecule has 22 heavy (non-hydrogen) atoms. The largest absolute Gasteiger partial charge is 0.493 e. The number of rotatable bonds is 8. The zero-order chi connectivity index (χ0) is 15.4. The zero-order valence-corrected chi connectivity index (χ0v) is 13.0. The van der Waals surface area contributed by atoms with Crippen LogP contribution in [-0.4, -0.2) is 52.4 Å². The predicted molar refractivity (Wildman–Crippen MR) is 80.9 cm³/mol. The van der Waals surface area contributed by atoms with Crippen LogP contribution in [0.15, 0.2) is 24.3 Å². The zero-order valence-electron chi connectivity index (χ0n) is 13.0. The molecular weight excluding hydrogens is 282 g/mol. The molecule has 1 heterocycles. The molecule has 1 aromatic carbocycles. The first kappa shape index (κ1) is 14.8. The lowest BCUT2D eigenvalue weighted by molar-refractivity contribution is 0.221. The van der Waals surface area contributed by atoms with Crippen molar-refractivity contribution < 1.29 is 9.47 Å². The van der Waals surface area contributed by atoms with E-state index in [0.29, 0.717) is 12.6 Å². The van der Waals surface area contributed by atoms with Crippen molar-refractivity contribution in [2.24, 2.45) is 0 Å². The van der Waals surface area contributed by atoms with Crippen molar-refractivity contribution in [3.05, 3.63) is 30.1 Å². The summed E-state index contributed by atoms with van der Waals surface area (Å²) in [5.41, 5.74) is 0. The highest BCUT2D eigenvalue weighted by Gasteiger charge is 2.27. The van der Waals surface area contributed by atoms with E-state index in [1.54, 1.807) is 7.11 Å².